The summed E-state index contributed by atoms with van der Waals surface area (Å²) in [6.45, 7) is 5.22. The van der Waals surface area contributed by atoms with E-state index < -0.39 is 0 Å². The molecular formula is C9H20N2O. The van der Waals surface area contributed by atoms with Gasteiger partial charge in [0.15, 0.2) is 0 Å². The fourth-order valence-electron chi connectivity index (χ4n) is 1.19. The molecule has 1 atom stereocenters. The summed E-state index contributed by atoms with van der Waals surface area (Å²) in [5.74, 6) is 0.230. The number of likely N-dealkylation sites (N-methyl/N-ethyl adjacent to an activating group) is 1. The highest BCUT2D eigenvalue weighted by molar-refractivity contribution is 5.81. The van der Waals surface area contributed by atoms with Crippen LogP contribution in [0.5, 0.6) is 0 Å². The van der Waals surface area contributed by atoms with Crippen LogP contribution in [0.3, 0.4) is 0 Å². The quantitative estimate of drug-likeness (QED) is 0.555. The molecule has 0 saturated heterocycles. The molecule has 0 aliphatic heterocycles. The van der Waals surface area contributed by atoms with Gasteiger partial charge in [0.05, 0.1) is 6.04 Å². The van der Waals surface area contributed by atoms with Crippen molar-refractivity contribution in [3.63, 3.8) is 0 Å². The zero-order chi connectivity index (χ0) is 9.40. The molecule has 0 rings (SSSR count). The van der Waals surface area contributed by atoms with Crippen LogP contribution >= 0.6 is 0 Å². The van der Waals surface area contributed by atoms with Crippen LogP contribution in [0.1, 0.15) is 33.1 Å². The Morgan fingerprint density at radius 3 is 2.58 bits per heavy atom. The average Bonchev–Trinajstić information content (AvgIpc) is 2.03. The number of rotatable bonds is 7. The number of unbranched alkanes of at least 4 members (excludes halogenated alkanes) is 1. The third-order valence-electron chi connectivity index (χ3n) is 1.89. The predicted octanol–water partition coefficient (Wildman–Crippen LogP) is 0.682. The maximum Gasteiger partial charge on any atom is 0.146 e. The van der Waals surface area contributed by atoms with E-state index in [1.165, 1.54) is 0 Å². The average molecular weight is 172 g/mol. The van der Waals surface area contributed by atoms with Crippen LogP contribution in [-0.4, -0.2) is 24.9 Å². The van der Waals surface area contributed by atoms with E-state index in [2.05, 4.69) is 5.32 Å². The number of carbonyl (C=O) groups is 1. The number of hydrogen-bond donors (Lipinski definition) is 2. The van der Waals surface area contributed by atoms with E-state index in [0.29, 0.717) is 0 Å². The maximum absolute atomic E-state index is 11.0. The molecule has 0 saturated carbocycles. The molecule has 72 valence electrons. The number of nitrogens with two attached hydrogens (primary N) is 1. The van der Waals surface area contributed by atoms with E-state index in [4.69, 9.17) is 5.73 Å². The third kappa shape index (κ3) is 5.27. The molecule has 0 aromatic carbocycles. The first-order valence-electron chi connectivity index (χ1n) is 4.66. The first-order valence-corrected chi connectivity index (χ1v) is 4.66. The zero-order valence-electron chi connectivity index (χ0n) is 8.10. The lowest BCUT2D eigenvalue weighted by Crippen LogP contribution is -2.35. The Labute approximate surface area is 74.7 Å². The summed E-state index contributed by atoms with van der Waals surface area (Å²) in [5, 5.41) is 3.15. The Bertz CT molecular complexity index is 126. The van der Waals surface area contributed by atoms with E-state index in [1.807, 2.05) is 6.92 Å². The normalized spacial score (nSPS) is 12.9. The molecule has 0 fully saturated rings. The molecule has 0 radical (unpaired) electrons. The van der Waals surface area contributed by atoms with E-state index in [9.17, 15) is 4.79 Å². The van der Waals surface area contributed by atoms with Crippen LogP contribution in [0.4, 0.5) is 0 Å². The van der Waals surface area contributed by atoms with Crippen LogP contribution in [0.15, 0.2) is 0 Å². The summed E-state index contributed by atoms with van der Waals surface area (Å²) < 4.78 is 0. The standard InChI is InChI=1S/C9H20N2O/c1-3-11-9(8(2)12)6-4-5-7-10/h9,11H,3-7,10H2,1-2H3. The summed E-state index contributed by atoms with van der Waals surface area (Å²) in [6, 6.07) is 0.0431. The summed E-state index contributed by atoms with van der Waals surface area (Å²) in [7, 11) is 0. The molecule has 12 heavy (non-hydrogen) atoms. The second kappa shape index (κ2) is 7.25. The molecule has 0 heterocycles. The number of nitrogens with one attached hydrogen (secondary N) is 1. The minimum atomic E-state index is 0.0431. The number of Topliss-reactive ketones (excluding diaryl/α,β-unsaturated/α-hetero) is 1. The Morgan fingerprint density at radius 1 is 1.50 bits per heavy atom. The fourth-order valence-corrected chi connectivity index (χ4v) is 1.19. The lowest BCUT2D eigenvalue weighted by Gasteiger charge is -2.13. The van der Waals surface area contributed by atoms with Crippen LogP contribution < -0.4 is 11.1 Å². The Morgan fingerprint density at radius 2 is 2.17 bits per heavy atom. The highest BCUT2D eigenvalue weighted by atomic mass is 16.1. The van der Waals surface area contributed by atoms with Gasteiger partial charge in [-0.2, -0.15) is 0 Å². The first kappa shape index (κ1) is 11.6. The third-order valence-corrected chi connectivity index (χ3v) is 1.89. The molecule has 1 unspecified atom stereocenters. The second-order valence-electron chi connectivity index (χ2n) is 3.01. The van der Waals surface area contributed by atoms with Gasteiger partial charge in [-0.15, -0.1) is 0 Å². The minimum Gasteiger partial charge on any atom is -0.330 e. The van der Waals surface area contributed by atoms with Gasteiger partial charge in [0.2, 0.25) is 0 Å². The zero-order valence-corrected chi connectivity index (χ0v) is 8.10. The van der Waals surface area contributed by atoms with Crippen molar-refractivity contribution in [1.29, 1.82) is 0 Å². The molecule has 0 spiro atoms. The van der Waals surface area contributed by atoms with Crippen molar-refractivity contribution >= 4 is 5.78 Å². The largest absolute Gasteiger partial charge is 0.330 e. The molecule has 3 heteroatoms. The molecule has 0 amide bonds. The Balaban J connectivity index is 3.56. The van der Waals surface area contributed by atoms with Crippen LogP contribution in [-0.2, 0) is 4.79 Å². The lowest BCUT2D eigenvalue weighted by atomic mass is 10.1. The fraction of sp³-hybridized carbons (Fsp3) is 0.889. The molecule has 0 aliphatic carbocycles. The lowest BCUT2D eigenvalue weighted by molar-refractivity contribution is -0.119. The van der Waals surface area contributed by atoms with Crippen molar-refractivity contribution in [3.05, 3.63) is 0 Å². The van der Waals surface area contributed by atoms with Gasteiger partial charge in [-0.1, -0.05) is 13.3 Å². The van der Waals surface area contributed by atoms with Crippen LogP contribution in [0.2, 0.25) is 0 Å². The predicted molar refractivity (Wildman–Crippen MR) is 51.1 cm³/mol. The van der Waals surface area contributed by atoms with E-state index in [-0.39, 0.29) is 11.8 Å². The van der Waals surface area contributed by atoms with Crippen molar-refractivity contribution in [2.24, 2.45) is 5.73 Å². The van der Waals surface area contributed by atoms with Crippen molar-refractivity contribution in [2.75, 3.05) is 13.1 Å². The smallest absolute Gasteiger partial charge is 0.146 e. The van der Waals surface area contributed by atoms with Crippen LogP contribution in [0.25, 0.3) is 0 Å². The molecule has 3 N–H and O–H groups in total. The van der Waals surface area contributed by atoms with Crippen molar-refractivity contribution in [3.8, 4) is 0 Å². The highest BCUT2D eigenvalue weighted by Gasteiger charge is 2.10. The maximum atomic E-state index is 11.0. The van der Waals surface area contributed by atoms with Gasteiger partial charge in [-0.3, -0.25) is 4.79 Å². The van der Waals surface area contributed by atoms with Gasteiger partial charge in [0.25, 0.3) is 0 Å². The highest BCUT2D eigenvalue weighted by Crippen LogP contribution is 2.00. The van der Waals surface area contributed by atoms with E-state index >= 15 is 0 Å². The van der Waals surface area contributed by atoms with Gasteiger partial charge in [-0.25, -0.2) is 0 Å². The SMILES string of the molecule is CCNC(CCCCN)C(C)=O. The summed E-state index contributed by atoms with van der Waals surface area (Å²) in [5.41, 5.74) is 5.36. The molecule has 0 aliphatic rings. The Hall–Kier alpha value is -0.410. The minimum absolute atomic E-state index is 0.0431. The molecule has 0 bridgehead atoms. The summed E-state index contributed by atoms with van der Waals surface area (Å²) in [6.07, 6.45) is 2.96. The van der Waals surface area contributed by atoms with Crippen molar-refractivity contribution in [1.82, 2.24) is 5.32 Å². The van der Waals surface area contributed by atoms with Crippen LogP contribution in [0, 0.1) is 0 Å². The second-order valence-corrected chi connectivity index (χ2v) is 3.01. The van der Waals surface area contributed by atoms with Gasteiger partial charge >= 0.3 is 0 Å². The molecule has 0 aromatic rings. The monoisotopic (exact) mass is 172 g/mol. The van der Waals surface area contributed by atoms with Gasteiger partial charge in [-0.05, 0) is 32.9 Å². The Kier molecular flexibility index (Phi) is 7.00. The molecule has 0 aromatic heterocycles. The van der Waals surface area contributed by atoms with Gasteiger partial charge in [0.1, 0.15) is 5.78 Å². The van der Waals surface area contributed by atoms with E-state index in [0.717, 1.165) is 32.4 Å². The molecular weight excluding hydrogens is 152 g/mol. The van der Waals surface area contributed by atoms with Gasteiger partial charge < -0.3 is 11.1 Å². The molecule has 3 nitrogen and oxygen atoms in total. The van der Waals surface area contributed by atoms with Crippen molar-refractivity contribution in [2.45, 2.75) is 39.2 Å². The van der Waals surface area contributed by atoms with Gasteiger partial charge in [0, 0.05) is 0 Å². The number of carbonyl (C=O) groups excluding carboxylic acids is 1. The summed E-state index contributed by atoms with van der Waals surface area (Å²) in [4.78, 5) is 11.0. The van der Waals surface area contributed by atoms with Crippen molar-refractivity contribution < 1.29 is 4.79 Å². The van der Waals surface area contributed by atoms with E-state index in [1.54, 1.807) is 6.92 Å². The topological polar surface area (TPSA) is 55.1 Å². The number of hydrogen-bond acceptors (Lipinski definition) is 3. The summed E-state index contributed by atoms with van der Waals surface area (Å²) >= 11 is 0. The first-order chi connectivity index (χ1) is 5.72. The number of ketones is 1.